The number of aromatic nitrogens is 3. The lowest BCUT2D eigenvalue weighted by Crippen LogP contribution is -2.27. The summed E-state index contributed by atoms with van der Waals surface area (Å²) < 4.78 is 6.97. The summed E-state index contributed by atoms with van der Waals surface area (Å²) in [5.74, 6) is 0.241. The standard InChI is InChI=1S/C22H27N5O2/c1-26-17(7-9-24-26)15-27-11-8-16(14-27)21-13-19(22(28)23-10-12-29-2)18-5-3-4-6-20(18)25-21/h3-7,9,13,16H,8,10-12,14-15H2,1-2H3,(H,23,28). The number of benzene rings is 1. The first-order valence-electron chi connectivity index (χ1n) is 10.0. The highest BCUT2D eigenvalue weighted by Crippen LogP contribution is 2.30. The summed E-state index contributed by atoms with van der Waals surface area (Å²) in [5.41, 5.74) is 3.75. The van der Waals surface area contributed by atoms with Crippen molar-refractivity contribution in [2.75, 3.05) is 33.4 Å². The van der Waals surface area contributed by atoms with Gasteiger partial charge in [0.25, 0.3) is 5.91 Å². The summed E-state index contributed by atoms with van der Waals surface area (Å²) in [4.78, 5) is 20.1. The second-order valence-corrected chi connectivity index (χ2v) is 7.53. The Bertz CT molecular complexity index is 1000. The molecule has 1 N–H and O–H groups in total. The van der Waals surface area contributed by atoms with Crippen LogP contribution >= 0.6 is 0 Å². The van der Waals surface area contributed by atoms with Crippen LogP contribution in [-0.4, -0.2) is 58.9 Å². The van der Waals surface area contributed by atoms with Crippen LogP contribution in [0.25, 0.3) is 10.9 Å². The highest BCUT2D eigenvalue weighted by atomic mass is 16.5. The normalized spacial score (nSPS) is 17.1. The van der Waals surface area contributed by atoms with Gasteiger partial charge in [-0.1, -0.05) is 18.2 Å². The van der Waals surface area contributed by atoms with E-state index in [9.17, 15) is 4.79 Å². The van der Waals surface area contributed by atoms with Crippen molar-refractivity contribution in [3.8, 4) is 0 Å². The van der Waals surface area contributed by atoms with E-state index in [0.717, 1.165) is 42.7 Å². The molecule has 1 aromatic carbocycles. The van der Waals surface area contributed by atoms with Crippen molar-refractivity contribution in [1.82, 2.24) is 25.0 Å². The van der Waals surface area contributed by atoms with Gasteiger partial charge in [0.1, 0.15) is 0 Å². The Kier molecular flexibility index (Phi) is 5.87. The number of amides is 1. The molecule has 1 aliphatic heterocycles. The van der Waals surface area contributed by atoms with Crippen molar-refractivity contribution >= 4 is 16.8 Å². The van der Waals surface area contributed by atoms with Gasteiger partial charge < -0.3 is 10.1 Å². The van der Waals surface area contributed by atoms with Gasteiger partial charge in [0.2, 0.25) is 0 Å². The number of pyridine rings is 1. The second-order valence-electron chi connectivity index (χ2n) is 7.53. The quantitative estimate of drug-likeness (QED) is 0.624. The molecule has 0 bridgehead atoms. The Morgan fingerprint density at radius 3 is 2.97 bits per heavy atom. The van der Waals surface area contributed by atoms with Crippen LogP contribution in [0.3, 0.4) is 0 Å². The minimum atomic E-state index is -0.0772. The number of nitrogens with zero attached hydrogens (tertiary/aromatic N) is 4. The first kappa shape index (κ1) is 19.5. The molecule has 1 atom stereocenters. The Balaban J connectivity index is 1.56. The number of methoxy groups -OCH3 is 1. The van der Waals surface area contributed by atoms with Crippen molar-refractivity contribution < 1.29 is 9.53 Å². The molecule has 1 saturated heterocycles. The maximum atomic E-state index is 12.8. The van der Waals surface area contributed by atoms with E-state index < -0.39 is 0 Å². The third kappa shape index (κ3) is 4.31. The predicted molar refractivity (Wildman–Crippen MR) is 112 cm³/mol. The molecule has 0 saturated carbocycles. The van der Waals surface area contributed by atoms with Crippen LogP contribution in [0.5, 0.6) is 0 Å². The summed E-state index contributed by atoms with van der Waals surface area (Å²) in [7, 11) is 3.60. The minimum Gasteiger partial charge on any atom is -0.383 e. The van der Waals surface area contributed by atoms with E-state index in [1.54, 1.807) is 7.11 Å². The molecule has 3 heterocycles. The lowest BCUT2D eigenvalue weighted by molar-refractivity contribution is 0.0938. The summed E-state index contributed by atoms with van der Waals surface area (Å²) in [6, 6.07) is 11.9. The molecule has 1 aliphatic rings. The van der Waals surface area contributed by atoms with Gasteiger partial charge >= 0.3 is 0 Å². The molecule has 2 aromatic heterocycles. The lowest BCUT2D eigenvalue weighted by Gasteiger charge is -2.17. The molecule has 152 valence electrons. The number of hydrogen-bond donors (Lipinski definition) is 1. The summed E-state index contributed by atoms with van der Waals surface area (Å²) >= 11 is 0. The number of para-hydroxylation sites is 1. The first-order valence-corrected chi connectivity index (χ1v) is 10.0. The number of aryl methyl sites for hydroxylation is 1. The zero-order valence-corrected chi connectivity index (χ0v) is 17.0. The zero-order chi connectivity index (χ0) is 20.2. The van der Waals surface area contributed by atoms with Crippen LogP contribution in [0.1, 0.15) is 34.1 Å². The summed E-state index contributed by atoms with van der Waals surface area (Å²) in [5, 5.41) is 8.08. The van der Waals surface area contributed by atoms with Crippen molar-refractivity contribution in [3.63, 3.8) is 0 Å². The molecule has 1 unspecified atom stereocenters. The number of rotatable bonds is 7. The molecule has 7 heteroatoms. The van der Waals surface area contributed by atoms with Gasteiger partial charge in [0.15, 0.2) is 0 Å². The first-order chi connectivity index (χ1) is 14.2. The van der Waals surface area contributed by atoms with Gasteiger partial charge in [-0.15, -0.1) is 0 Å². The van der Waals surface area contributed by atoms with Crippen molar-refractivity contribution in [2.45, 2.75) is 18.9 Å². The van der Waals surface area contributed by atoms with Crippen LogP contribution in [0.15, 0.2) is 42.6 Å². The van der Waals surface area contributed by atoms with Crippen molar-refractivity contribution in [2.24, 2.45) is 7.05 Å². The second kappa shape index (κ2) is 8.71. The minimum absolute atomic E-state index is 0.0772. The number of nitrogens with one attached hydrogen (secondary N) is 1. The number of likely N-dealkylation sites (tertiary alicyclic amines) is 1. The average Bonchev–Trinajstić information content (AvgIpc) is 3.37. The SMILES string of the molecule is COCCNC(=O)c1cc(C2CCN(Cc3ccnn3C)C2)nc2ccccc12. The van der Waals surface area contributed by atoms with E-state index in [2.05, 4.69) is 21.4 Å². The fourth-order valence-electron chi connectivity index (χ4n) is 3.96. The van der Waals surface area contributed by atoms with Gasteiger partial charge in [-0.25, -0.2) is 0 Å². The van der Waals surface area contributed by atoms with Gasteiger partial charge in [0, 0.05) is 57.0 Å². The molecule has 1 fully saturated rings. The fourth-order valence-corrected chi connectivity index (χ4v) is 3.96. The van der Waals surface area contributed by atoms with Crippen molar-refractivity contribution in [3.05, 3.63) is 59.5 Å². The summed E-state index contributed by atoms with van der Waals surface area (Å²) in [6.45, 7) is 3.81. The number of carbonyl (C=O) groups excluding carboxylic acids is 1. The molecule has 0 spiro atoms. The van der Waals surface area contributed by atoms with Crippen LogP contribution in [0.2, 0.25) is 0 Å². The number of hydrogen-bond acceptors (Lipinski definition) is 5. The van der Waals surface area contributed by atoms with Crippen LogP contribution in [0, 0.1) is 0 Å². The third-order valence-corrected chi connectivity index (χ3v) is 5.57. The molecular weight excluding hydrogens is 366 g/mol. The molecule has 29 heavy (non-hydrogen) atoms. The van der Waals surface area contributed by atoms with E-state index >= 15 is 0 Å². The van der Waals surface area contributed by atoms with Gasteiger partial charge in [-0.05, 0) is 31.2 Å². The van der Waals surface area contributed by atoms with Crippen LogP contribution in [0.4, 0.5) is 0 Å². The molecule has 4 rings (SSSR count). The van der Waals surface area contributed by atoms with E-state index in [1.807, 2.05) is 48.3 Å². The summed E-state index contributed by atoms with van der Waals surface area (Å²) in [6.07, 6.45) is 2.87. The lowest BCUT2D eigenvalue weighted by atomic mass is 9.99. The molecule has 0 radical (unpaired) electrons. The smallest absolute Gasteiger partial charge is 0.252 e. The Labute approximate surface area is 170 Å². The highest BCUT2D eigenvalue weighted by molar-refractivity contribution is 6.06. The Morgan fingerprint density at radius 1 is 1.31 bits per heavy atom. The fraction of sp³-hybridized carbons (Fsp3) is 0.409. The third-order valence-electron chi connectivity index (χ3n) is 5.57. The number of ether oxygens (including phenoxy) is 1. The Hall–Kier alpha value is -2.77. The number of carbonyl (C=O) groups is 1. The largest absolute Gasteiger partial charge is 0.383 e. The predicted octanol–water partition coefficient (Wildman–Crippen LogP) is 2.33. The molecule has 0 aliphatic carbocycles. The molecular formula is C22H27N5O2. The van der Waals surface area contributed by atoms with Gasteiger partial charge in [-0.3, -0.25) is 19.4 Å². The maximum absolute atomic E-state index is 12.8. The highest BCUT2D eigenvalue weighted by Gasteiger charge is 2.27. The molecule has 1 amide bonds. The van der Waals surface area contributed by atoms with Crippen LogP contribution < -0.4 is 5.32 Å². The van der Waals surface area contributed by atoms with E-state index in [-0.39, 0.29) is 5.91 Å². The van der Waals surface area contributed by atoms with Crippen molar-refractivity contribution in [1.29, 1.82) is 0 Å². The number of fused-ring (bicyclic) bond motifs is 1. The van der Waals surface area contributed by atoms with E-state index in [1.165, 1.54) is 5.69 Å². The Morgan fingerprint density at radius 2 is 2.17 bits per heavy atom. The maximum Gasteiger partial charge on any atom is 0.252 e. The zero-order valence-electron chi connectivity index (χ0n) is 17.0. The van der Waals surface area contributed by atoms with Crippen LogP contribution in [-0.2, 0) is 18.3 Å². The van der Waals surface area contributed by atoms with E-state index in [0.29, 0.717) is 24.6 Å². The molecule has 7 nitrogen and oxygen atoms in total. The topological polar surface area (TPSA) is 72.3 Å². The van der Waals surface area contributed by atoms with E-state index in [4.69, 9.17) is 9.72 Å². The van der Waals surface area contributed by atoms with Gasteiger partial charge in [-0.2, -0.15) is 5.10 Å². The van der Waals surface area contributed by atoms with Gasteiger partial charge in [0.05, 0.1) is 23.4 Å². The monoisotopic (exact) mass is 393 g/mol. The molecule has 3 aromatic rings. The average molecular weight is 393 g/mol.